The topological polar surface area (TPSA) is 55.1 Å². The Balaban J connectivity index is 2.49. The third kappa shape index (κ3) is 1.62. The molecule has 0 aliphatic heterocycles. The van der Waals surface area contributed by atoms with E-state index in [1.165, 1.54) is 0 Å². The highest BCUT2D eigenvalue weighted by molar-refractivity contribution is 5.87. The summed E-state index contributed by atoms with van der Waals surface area (Å²) < 4.78 is 14.8. The fourth-order valence-electron chi connectivity index (χ4n) is 2.07. The van der Waals surface area contributed by atoms with Crippen LogP contribution in [0.4, 0.5) is 4.39 Å². The molecule has 2 rings (SSSR count). The van der Waals surface area contributed by atoms with Crippen LogP contribution in [0.5, 0.6) is 0 Å². The van der Waals surface area contributed by atoms with Crippen LogP contribution in [-0.2, 0) is 19.4 Å². The number of aromatic nitrogens is 2. The lowest BCUT2D eigenvalue weighted by Crippen LogP contribution is -2.18. The molecule has 1 aliphatic carbocycles. The standard InChI is InChI=1S/C10H13FN2O2/c1-2-13-8-5-6(11)3-4-7(8)9(12-13)10(14)15/h6H,2-5H2,1H3,(H,14,15). The Hall–Kier alpha value is -1.39. The van der Waals surface area contributed by atoms with E-state index in [0.717, 1.165) is 11.3 Å². The van der Waals surface area contributed by atoms with Gasteiger partial charge >= 0.3 is 5.97 Å². The second kappa shape index (κ2) is 3.64. The van der Waals surface area contributed by atoms with Crippen molar-refractivity contribution >= 4 is 5.97 Å². The Morgan fingerprint density at radius 3 is 3.07 bits per heavy atom. The second-order valence-corrected chi connectivity index (χ2v) is 3.73. The van der Waals surface area contributed by atoms with Crippen molar-refractivity contribution in [3.63, 3.8) is 0 Å². The van der Waals surface area contributed by atoms with Crippen molar-refractivity contribution in [2.75, 3.05) is 0 Å². The van der Waals surface area contributed by atoms with Crippen LogP contribution in [0.2, 0.25) is 0 Å². The number of aromatic carboxylic acids is 1. The number of halogens is 1. The monoisotopic (exact) mass is 212 g/mol. The van der Waals surface area contributed by atoms with Crippen LogP contribution < -0.4 is 0 Å². The van der Waals surface area contributed by atoms with Crippen LogP contribution in [0.1, 0.15) is 35.1 Å². The summed E-state index contributed by atoms with van der Waals surface area (Å²) in [4.78, 5) is 10.9. The number of rotatable bonds is 2. The molecule has 5 heteroatoms. The van der Waals surface area contributed by atoms with Crippen molar-refractivity contribution in [2.24, 2.45) is 0 Å². The molecule has 1 aromatic rings. The molecule has 0 fully saturated rings. The lowest BCUT2D eigenvalue weighted by atomic mass is 9.94. The van der Waals surface area contributed by atoms with Gasteiger partial charge in [0, 0.05) is 24.2 Å². The van der Waals surface area contributed by atoms with Crippen LogP contribution in [0, 0.1) is 0 Å². The Morgan fingerprint density at radius 1 is 1.73 bits per heavy atom. The van der Waals surface area contributed by atoms with Crippen molar-refractivity contribution in [1.29, 1.82) is 0 Å². The van der Waals surface area contributed by atoms with Crippen molar-refractivity contribution < 1.29 is 14.3 Å². The van der Waals surface area contributed by atoms with Crippen LogP contribution in [0.25, 0.3) is 0 Å². The largest absolute Gasteiger partial charge is 0.476 e. The Kier molecular flexibility index (Phi) is 2.46. The highest BCUT2D eigenvalue weighted by Gasteiger charge is 2.28. The van der Waals surface area contributed by atoms with E-state index in [1.54, 1.807) is 4.68 Å². The number of carboxylic acid groups (broad SMARTS) is 1. The maximum atomic E-state index is 13.2. The predicted octanol–water partition coefficient (Wildman–Crippen LogP) is 1.43. The van der Waals surface area contributed by atoms with Gasteiger partial charge in [-0.25, -0.2) is 9.18 Å². The summed E-state index contributed by atoms with van der Waals surface area (Å²) in [5, 5.41) is 12.9. The van der Waals surface area contributed by atoms with Gasteiger partial charge in [-0.2, -0.15) is 5.10 Å². The minimum absolute atomic E-state index is 0.0961. The van der Waals surface area contributed by atoms with E-state index in [0.29, 0.717) is 25.8 Å². The average Bonchev–Trinajstić information content (AvgIpc) is 2.55. The molecular weight excluding hydrogens is 199 g/mol. The summed E-state index contributed by atoms with van der Waals surface area (Å²) in [6.45, 7) is 2.46. The van der Waals surface area contributed by atoms with Gasteiger partial charge < -0.3 is 5.11 Å². The van der Waals surface area contributed by atoms with Crippen LogP contribution >= 0.6 is 0 Å². The van der Waals surface area contributed by atoms with Crippen LogP contribution in [-0.4, -0.2) is 27.0 Å². The third-order valence-corrected chi connectivity index (χ3v) is 2.79. The van der Waals surface area contributed by atoms with Crippen molar-refractivity contribution in [1.82, 2.24) is 9.78 Å². The molecule has 1 aliphatic rings. The molecular formula is C10H13FN2O2. The first-order valence-corrected chi connectivity index (χ1v) is 5.09. The van der Waals surface area contributed by atoms with Crippen LogP contribution in [0.15, 0.2) is 0 Å². The van der Waals surface area contributed by atoms with Gasteiger partial charge in [0.1, 0.15) is 6.17 Å². The molecule has 1 heterocycles. The van der Waals surface area contributed by atoms with E-state index >= 15 is 0 Å². The minimum atomic E-state index is -1.02. The molecule has 0 aromatic carbocycles. The number of carboxylic acids is 1. The van der Waals surface area contributed by atoms with Gasteiger partial charge in [-0.05, 0) is 19.8 Å². The van der Waals surface area contributed by atoms with Gasteiger partial charge in [0.25, 0.3) is 0 Å². The molecule has 1 atom stereocenters. The number of aryl methyl sites for hydroxylation is 1. The molecule has 82 valence electrons. The first-order valence-electron chi connectivity index (χ1n) is 5.09. The average molecular weight is 212 g/mol. The predicted molar refractivity (Wildman–Crippen MR) is 51.8 cm³/mol. The van der Waals surface area contributed by atoms with Crippen molar-refractivity contribution in [3.05, 3.63) is 17.0 Å². The smallest absolute Gasteiger partial charge is 0.356 e. The van der Waals surface area contributed by atoms with E-state index in [-0.39, 0.29) is 5.69 Å². The van der Waals surface area contributed by atoms with Gasteiger partial charge in [-0.15, -0.1) is 0 Å². The van der Waals surface area contributed by atoms with Gasteiger partial charge in [0.15, 0.2) is 5.69 Å². The molecule has 0 radical (unpaired) electrons. The zero-order valence-corrected chi connectivity index (χ0v) is 8.53. The molecule has 0 saturated heterocycles. The summed E-state index contributed by atoms with van der Waals surface area (Å²) in [5.41, 5.74) is 1.57. The minimum Gasteiger partial charge on any atom is -0.476 e. The normalized spacial score (nSPS) is 20.0. The highest BCUT2D eigenvalue weighted by atomic mass is 19.1. The third-order valence-electron chi connectivity index (χ3n) is 2.79. The highest BCUT2D eigenvalue weighted by Crippen LogP contribution is 2.26. The van der Waals surface area contributed by atoms with Crippen molar-refractivity contribution in [2.45, 2.75) is 38.9 Å². The zero-order chi connectivity index (χ0) is 11.0. The number of fused-ring (bicyclic) bond motifs is 1. The molecule has 0 spiro atoms. The summed E-state index contributed by atoms with van der Waals surface area (Å²) in [6, 6.07) is 0. The molecule has 0 saturated carbocycles. The summed E-state index contributed by atoms with van der Waals surface area (Å²) in [7, 11) is 0. The number of carbonyl (C=O) groups is 1. The summed E-state index contributed by atoms with van der Waals surface area (Å²) in [6.07, 6.45) is 0.325. The number of nitrogens with zero attached hydrogens (tertiary/aromatic N) is 2. The fourth-order valence-corrected chi connectivity index (χ4v) is 2.07. The van der Waals surface area contributed by atoms with Crippen molar-refractivity contribution in [3.8, 4) is 0 Å². The first-order chi connectivity index (χ1) is 7.13. The molecule has 4 nitrogen and oxygen atoms in total. The molecule has 1 unspecified atom stereocenters. The number of hydrogen-bond donors (Lipinski definition) is 1. The summed E-state index contributed by atoms with van der Waals surface area (Å²) >= 11 is 0. The Labute approximate surface area is 86.7 Å². The Morgan fingerprint density at radius 2 is 2.47 bits per heavy atom. The number of alkyl halides is 1. The molecule has 1 aromatic heterocycles. The van der Waals surface area contributed by atoms with Gasteiger partial charge in [0.2, 0.25) is 0 Å². The molecule has 0 amide bonds. The Bertz CT molecular complexity index is 400. The quantitative estimate of drug-likeness (QED) is 0.806. The second-order valence-electron chi connectivity index (χ2n) is 3.73. The van der Waals surface area contributed by atoms with E-state index in [4.69, 9.17) is 5.11 Å². The van der Waals surface area contributed by atoms with E-state index in [9.17, 15) is 9.18 Å². The maximum Gasteiger partial charge on any atom is 0.356 e. The van der Waals surface area contributed by atoms with E-state index in [1.807, 2.05) is 6.92 Å². The van der Waals surface area contributed by atoms with Gasteiger partial charge in [-0.1, -0.05) is 0 Å². The zero-order valence-electron chi connectivity index (χ0n) is 8.53. The van der Waals surface area contributed by atoms with E-state index < -0.39 is 12.1 Å². The SMILES string of the molecule is CCn1nc(C(=O)O)c2c1CC(F)CC2. The van der Waals surface area contributed by atoms with E-state index in [2.05, 4.69) is 5.10 Å². The van der Waals surface area contributed by atoms with Crippen LogP contribution in [0.3, 0.4) is 0 Å². The first kappa shape index (κ1) is 10.1. The molecule has 15 heavy (non-hydrogen) atoms. The lowest BCUT2D eigenvalue weighted by Gasteiger charge is -2.16. The maximum absolute atomic E-state index is 13.2. The fraction of sp³-hybridized carbons (Fsp3) is 0.600. The summed E-state index contributed by atoms with van der Waals surface area (Å²) in [5.74, 6) is -1.02. The number of hydrogen-bond acceptors (Lipinski definition) is 2. The van der Waals surface area contributed by atoms with Gasteiger partial charge in [-0.3, -0.25) is 4.68 Å². The molecule has 1 N–H and O–H groups in total. The molecule has 0 bridgehead atoms. The lowest BCUT2D eigenvalue weighted by molar-refractivity contribution is 0.0688. The van der Waals surface area contributed by atoms with Gasteiger partial charge in [0.05, 0.1) is 0 Å².